The summed E-state index contributed by atoms with van der Waals surface area (Å²) < 4.78 is 13.2. The number of thiazole rings is 1. The summed E-state index contributed by atoms with van der Waals surface area (Å²) in [7, 11) is 0. The molecule has 0 aliphatic rings. The molecule has 3 N–H and O–H groups in total. The molecule has 7 nitrogen and oxygen atoms in total. The fourth-order valence-electron chi connectivity index (χ4n) is 3.38. The van der Waals surface area contributed by atoms with E-state index in [1.54, 1.807) is 35.7 Å². The zero-order valence-electron chi connectivity index (χ0n) is 19.4. The predicted octanol–water partition coefficient (Wildman–Crippen LogP) is 6.22. The lowest BCUT2D eigenvalue weighted by Gasteiger charge is -2.17. The molecule has 1 heterocycles. The first-order chi connectivity index (χ1) is 17.9. The molecule has 0 saturated carbocycles. The molecule has 4 aromatic rings. The van der Waals surface area contributed by atoms with Gasteiger partial charge < -0.3 is 15.7 Å². The number of nitrogens with one attached hydrogen (secondary N) is 2. The fourth-order valence-corrected chi connectivity index (χ4v) is 5.19. The first-order valence-electron chi connectivity index (χ1n) is 11.2. The van der Waals surface area contributed by atoms with Crippen LogP contribution in [0.15, 0.2) is 89.1 Å². The highest BCUT2D eigenvalue weighted by Crippen LogP contribution is 2.37. The Morgan fingerprint density at radius 1 is 0.946 bits per heavy atom. The second-order valence-electron chi connectivity index (χ2n) is 7.91. The number of amides is 2. The van der Waals surface area contributed by atoms with Gasteiger partial charge in [0, 0.05) is 27.9 Å². The summed E-state index contributed by atoms with van der Waals surface area (Å²) in [6, 6.07) is 22.3. The molecule has 3 aromatic carbocycles. The molecule has 0 bridgehead atoms. The van der Waals surface area contributed by atoms with Crippen LogP contribution in [0.25, 0.3) is 11.3 Å². The van der Waals surface area contributed by atoms with Crippen molar-refractivity contribution in [1.82, 2.24) is 4.98 Å². The van der Waals surface area contributed by atoms with E-state index in [2.05, 4.69) is 15.6 Å². The molecular formula is C27H22FN3O4S2. The molecule has 1 aromatic heterocycles. The van der Waals surface area contributed by atoms with Crippen molar-refractivity contribution >= 4 is 51.7 Å². The number of rotatable bonds is 10. The number of thioether (sulfide) groups is 1. The maximum atomic E-state index is 13.4. The van der Waals surface area contributed by atoms with E-state index in [9.17, 15) is 18.8 Å². The Balaban J connectivity index is 1.49. The number of aliphatic carboxylic acids is 1. The molecule has 0 saturated heterocycles. The zero-order chi connectivity index (χ0) is 26.2. The van der Waals surface area contributed by atoms with Gasteiger partial charge in [-0.1, -0.05) is 36.4 Å². The smallest absolute Gasteiger partial charge is 0.303 e. The summed E-state index contributed by atoms with van der Waals surface area (Å²) in [5.74, 6) is -2.05. The molecule has 0 fully saturated rings. The molecule has 4 rings (SSSR count). The van der Waals surface area contributed by atoms with Crippen molar-refractivity contribution < 1.29 is 23.9 Å². The largest absolute Gasteiger partial charge is 0.481 e. The highest BCUT2D eigenvalue weighted by molar-refractivity contribution is 8.00. The first-order valence-corrected chi connectivity index (χ1v) is 13.0. The van der Waals surface area contributed by atoms with E-state index >= 15 is 0 Å². The van der Waals surface area contributed by atoms with Crippen molar-refractivity contribution in [3.8, 4) is 11.3 Å². The SMILES string of the molecule is O=C(O)CCC(=O)Nc1cccc(SC(C(=O)Nc2nc(-c3ccc(F)cc3)cs2)c2ccccc2)c1. The van der Waals surface area contributed by atoms with Crippen LogP contribution in [-0.4, -0.2) is 27.9 Å². The van der Waals surface area contributed by atoms with Crippen molar-refractivity contribution in [2.45, 2.75) is 23.0 Å². The molecule has 0 spiro atoms. The number of anilines is 2. The molecule has 0 aliphatic carbocycles. The number of hydrogen-bond acceptors (Lipinski definition) is 6. The van der Waals surface area contributed by atoms with Crippen LogP contribution in [0.3, 0.4) is 0 Å². The lowest BCUT2D eigenvalue weighted by molar-refractivity contribution is -0.138. The van der Waals surface area contributed by atoms with Crippen LogP contribution in [0, 0.1) is 5.82 Å². The van der Waals surface area contributed by atoms with E-state index in [0.29, 0.717) is 16.5 Å². The summed E-state index contributed by atoms with van der Waals surface area (Å²) >= 11 is 2.59. The van der Waals surface area contributed by atoms with E-state index in [1.165, 1.54) is 35.2 Å². The van der Waals surface area contributed by atoms with Crippen LogP contribution in [0.2, 0.25) is 0 Å². The Bertz CT molecular complexity index is 1390. The normalized spacial score (nSPS) is 11.5. The second-order valence-corrected chi connectivity index (χ2v) is 9.95. The van der Waals surface area contributed by atoms with Crippen LogP contribution in [0.5, 0.6) is 0 Å². The molecule has 10 heteroatoms. The standard InChI is InChI=1S/C27H22FN3O4S2/c28-19-11-9-17(10-12-19)22-16-36-27(30-22)31-26(35)25(18-5-2-1-3-6-18)37-21-8-4-7-20(15-21)29-23(32)13-14-24(33)34/h1-12,15-16,25H,13-14H2,(H,29,32)(H,33,34)(H,30,31,35). The van der Waals surface area contributed by atoms with E-state index in [1.807, 2.05) is 36.4 Å². The van der Waals surface area contributed by atoms with Gasteiger partial charge in [0.15, 0.2) is 5.13 Å². The number of carbonyl (C=O) groups is 3. The maximum Gasteiger partial charge on any atom is 0.303 e. The van der Waals surface area contributed by atoms with Crippen LogP contribution >= 0.6 is 23.1 Å². The molecule has 1 atom stereocenters. The Morgan fingerprint density at radius 3 is 2.43 bits per heavy atom. The number of halogens is 1. The van der Waals surface area contributed by atoms with Crippen molar-refractivity contribution in [2.75, 3.05) is 10.6 Å². The second kappa shape index (κ2) is 12.3. The highest BCUT2D eigenvalue weighted by atomic mass is 32.2. The Labute approximate surface area is 220 Å². The van der Waals surface area contributed by atoms with E-state index in [4.69, 9.17) is 5.11 Å². The molecule has 0 radical (unpaired) electrons. The molecule has 1 unspecified atom stereocenters. The van der Waals surface area contributed by atoms with Crippen LogP contribution in [-0.2, 0) is 14.4 Å². The topological polar surface area (TPSA) is 108 Å². The van der Waals surface area contributed by atoms with Gasteiger partial charge in [0.2, 0.25) is 11.8 Å². The number of carboxylic acids is 1. The third kappa shape index (κ3) is 7.48. The number of carbonyl (C=O) groups excluding carboxylic acids is 2. The van der Waals surface area contributed by atoms with Gasteiger partial charge in [-0.05, 0) is 48.0 Å². The average Bonchev–Trinajstić information content (AvgIpc) is 3.35. The maximum absolute atomic E-state index is 13.4. The van der Waals surface area contributed by atoms with Gasteiger partial charge in [-0.2, -0.15) is 0 Å². The Kier molecular flexibility index (Phi) is 8.65. The van der Waals surface area contributed by atoms with E-state index in [-0.39, 0.29) is 24.6 Å². The first kappa shape index (κ1) is 26.1. The van der Waals surface area contributed by atoms with Gasteiger partial charge in [-0.25, -0.2) is 9.37 Å². The Hall–Kier alpha value is -4.02. The quantitative estimate of drug-likeness (QED) is 0.208. The third-order valence-electron chi connectivity index (χ3n) is 5.15. The van der Waals surface area contributed by atoms with Crippen LogP contribution < -0.4 is 10.6 Å². The lowest BCUT2D eigenvalue weighted by Crippen LogP contribution is -2.19. The predicted molar refractivity (Wildman–Crippen MR) is 143 cm³/mol. The summed E-state index contributed by atoms with van der Waals surface area (Å²) in [6.07, 6.45) is -0.383. The number of hydrogen-bond donors (Lipinski definition) is 3. The van der Waals surface area contributed by atoms with Gasteiger partial charge in [0.05, 0.1) is 12.1 Å². The third-order valence-corrected chi connectivity index (χ3v) is 7.16. The van der Waals surface area contributed by atoms with Gasteiger partial charge in [-0.15, -0.1) is 23.1 Å². The highest BCUT2D eigenvalue weighted by Gasteiger charge is 2.23. The van der Waals surface area contributed by atoms with Crippen LogP contribution in [0.4, 0.5) is 15.2 Å². The van der Waals surface area contributed by atoms with Crippen molar-refractivity contribution in [3.63, 3.8) is 0 Å². The monoisotopic (exact) mass is 535 g/mol. The molecule has 2 amide bonds. The molecular weight excluding hydrogens is 513 g/mol. The molecule has 0 aliphatic heterocycles. The van der Waals surface area contributed by atoms with Gasteiger partial charge in [0.25, 0.3) is 0 Å². The number of aromatic nitrogens is 1. The number of benzene rings is 3. The minimum Gasteiger partial charge on any atom is -0.481 e. The summed E-state index contributed by atoms with van der Waals surface area (Å²) in [5.41, 5.74) is 2.68. The summed E-state index contributed by atoms with van der Waals surface area (Å²) in [4.78, 5) is 41.3. The summed E-state index contributed by atoms with van der Waals surface area (Å²) in [6.45, 7) is 0. The number of nitrogens with zero attached hydrogens (tertiary/aromatic N) is 1. The molecule has 188 valence electrons. The fraction of sp³-hybridized carbons (Fsp3) is 0.111. The minimum atomic E-state index is -1.04. The van der Waals surface area contributed by atoms with Crippen molar-refractivity contribution in [2.24, 2.45) is 0 Å². The Morgan fingerprint density at radius 2 is 1.70 bits per heavy atom. The van der Waals surface area contributed by atoms with E-state index < -0.39 is 17.1 Å². The summed E-state index contributed by atoms with van der Waals surface area (Å²) in [5, 5.41) is 16.0. The van der Waals surface area contributed by atoms with Crippen LogP contribution in [0.1, 0.15) is 23.7 Å². The average molecular weight is 536 g/mol. The minimum absolute atomic E-state index is 0.129. The zero-order valence-corrected chi connectivity index (χ0v) is 21.0. The van der Waals surface area contributed by atoms with Gasteiger partial charge in [0.1, 0.15) is 11.1 Å². The van der Waals surface area contributed by atoms with E-state index in [0.717, 1.165) is 16.0 Å². The van der Waals surface area contributed by atoms with Gasteiger partial charge >= 0.3 is 5.97 Å². The number of carboxylic acid groups (broad SMARTS) is 1. The molecule has 37 heavy (non-hydrogen) atoms. The van der Waals surface area contributed by atoms with Crippen molar-refractivity contribution in [1.29, 1.82) is 0 Å². The van der Waals surface area contributed by atoms with Crippen molar-refractivity contribution in [3.05, 3.63) is 95.6 Å². The lowest BCUT2D eigenvalue weighted by atomic mass is 10.1. The van der Waals surface area contributed by atoms with Gasteiger partial charge in [-0.3, -0.25) is 14.4 Å².